The van der Waals surface area contributed by atoms with Gasteiger partial charge in [-0.3, -0.25) is 0 Å². The molecule has 252 valence electrons. The van der Waals surface area contributed by atoms with E-state index in [-0.39, 0.29) is 19.4 Å². The molecule has 0 bridgehead atoms. The van der Waals surface area contributed by atoms with Crippen molar-refractivity contribution in [2.24, 2.45) is 0 Å². The summed E-state index contributed by atoms with van der Waals surface area (Å²) in [6, 6.07) is 40.1. The lowest BCUT2D eigenvalue weighted by molar-refractivity contribution is -0.162. The van der Waals surface area contributed by atoms with E-state index in [2.05, 4.69) is 24.3 Å². The Bertz CT molecular complexity index is 1800. The number of ether oxygens (including phenoxy) is 3. The van der Waals surface area contributed by atoms with Gasteiger partial charge in [-0.2, -0.15) is 0 Å². The van der Waals surface area contributed by atoms with E-state index in [0.29, 0.717) is 17.9 Å². The van der Waals surface area contributed by atoms with Crippen molar-refractivity contribution in [2.75, 3.05) is 20.8 Å². The number of aliphatic hydroxyl groups excluding tert-OH is 3. The van der Waals surface area contributed by atoms with Crippen molar-refractivity contribution in [3.05, 3.63) is 155 Å². The van der Waals surface area contributed by atoms with Crippen molar-refractivity contribution in [3.63, 3.8) is 0 Å². The van der Waals surface area contributed by atoms with Crippen LogP contribution in [0.25, 0.3) is 11.1 Å². The Morgan fingerprint density at radius 1 is 0.694 bits per heavy atom. The number of fused-ring (bicyclic) bond motifs is 3. The van der Waals surface area contributed by atoms with Gasteiger partial charge in [0.1, 0.15) is 17.6 Å². The molecule has 1 aliphatic carbocycles. The third-order valence-corrected chi connectivity index (χ3v) is 9.57. The number of benzene rings is 5. The molecule has 5 aromatic rings. The average Bonchev–Trinajstić information content (AvgIpc) is 3.53. The molecule has 0 amide bonds. The molecule has 0 fully saturated rings. The second-order valence-electron chi connectivity index (χ2n) is 12.5. The normalized spacial score (nSPS) is 13.9. The second kappa shape index (κ2) is 15.1. The van der Waals surface area contributed by atoms with E-state index in [4.69, 9.17) is 14.2 Å². The first-order chi connectivity index (χ1) is 23.9. The molecule has 0 aliphatic heterocycles. The van der Waals surface area contributed by atoms with E-state index in [1.54, 1.807) is 14.2 Å². The van der Waals surface area contributed by atoms with Crippen LogP contribution in [0, 0.1) is 0 Å². The lowest BCUT2D eigenvalue weighted by Crippen LogP contribution is -2.40. The minimum atomic E-state index is -1.44. The van der Waals surface area contributed by atoms with Gasteiger partial charge in [-0.25, -0.2) is 4.79 Å². The summed E-state index contributed by atoms with van der Waals surface area (Å²) >= 11 is 0. The zero-order valence-electron chi connectivity index (χ0n) is 27.8. The molecule has 0 spiro atoms. The third-order valence-electron chi connectivity index (χ3n) is 9.57. The zero-order chi connectivity index (χ0) is 34.4. The molecule has 3 atom stereocenters. The standard InChI is InChI=1S/C42H42O7/c1-47-35-21-17-32(18-22-35)42(31-10-4-3-5-11-31,33-19-23-36(48-2)24-20-33)40(49-41(46)39(45)14-8-12-34(44)27-43)30-16-15-29-25-28-9-6-7-13-37(28)38(29)26-30/h3-7,9-11,13,15-24,26,34,39-40,43-45H,8,12,14,25,27H2,1-2H3. The van der Waals surface area contributed by atoms with Gasteiger partial charge in [-0.15, -0.1) is 0 Å². The van der Waals surface area contributed by atoms with E-state index in [9.17, 15) is 20.1 Å². The minimum Gasteiger partial charge on any atom is -0.497 e. The maximum atomic E-state index is 14.0. The fraction of sp³-hybridized carbons (Fsp3) is 0.262. The largest absolute Gasteiger partial charge is 0.497 e. The molecule has 3 unspecified atom stereocenters. The van der Waals surface area contributed by atoms with Crippen molar-refractivity contribution in [1.29, 1.82) is 0 Å². The van der Waals surface area contributed by atoms with Crippen LogP contribution in [0.3, 0.4) is 0 Å². The van der Waals surface area contributed by atoms with Crippen LogP contribution in [0.4, 0.5) is 0 Å². The fourth-order valence-corrected chi connectivity index (χ4v) is 7.02. The summed E-state index contributed by atoms with van der Waals surface area (Å²) in [5.74, 6) is 0.596. The summed E-state index contributed by atoms with van der Waals surface area (Å²) in [6.07, 6.45) is -1.83. The van der Waals surface area contributed by atoms with Crippen LogP contribution in [0.2, 0.25) is 0 Å². The Morgan fingerprint density at radius 3 is 1.88 bits per heavy atom. The summed E-state index contributed by atoms with van der Waals surface area (Å²) in [4.78, 5) is 14.0. The number of methoxy groups -OCH3 is 2. The predicted octanol–water partition coefficient (Wildman–Crippen LogP) is 6.78. The van der Waals surface area contributed by atoms with Crippen LogP contribution in [-0.2, 0) is 21.4 Å². The van der Waals surface area contributed by atoms with E-state index < -0.39 is 29.7 Å². The molecular weight excluding hydrogens is 616 g/mol. The Morgan fingerprint density at radius 2 is 1.27 bits per heavy atom. The molecule has 6 rings (SSSR count). The first-order valence-corrected chi connectivity index (χ1v) is 16.6. The molecule has 3 N–H and O–H groups in total. The highest BCUT2D eigenvalue weighted by molar-refractivity contribution is 5.78. The predicted molar refractivity (Wildman–Crippen MR) is 189 cm³/mol. The fourth-order valence-electron chi connectivity index (χ4n) is 7.02. The van der Waals surface area contributed by atoms with Gasteiger partial charge in [-0.05, 0) is 101 Å². The van der Waals surface area contributed by atoms with Crippen LogP contribution in [0.5, 0.6) is 11.5 Å². The van der Waals surface area contributed by atoms with Crippen LogP contribution >= 0.6 is 0 Å². The quantitative estimate of drug-likeness (QED) is 0.0876. The van der Waals surface area contributed by atoms with Crippen LogP contribution in [-0.4, -0.2) is 54.3 Å². The molecule has 0 saturated carbocycles. The number of carbonyl (C=O) groups excluding carboxylic acids is 1. The summed E-state index contributed by atoms with van der Waals surface area (Å²) in [5.41, 5.74) is 6.90. The first-order valence-electron chi connectivity index (χ1n) is 16.6. The molecule has 0 saturated heterocycles. The molecule has 0 radical (unpaired) electrons. The lowest BCUT2D eigenvalue weighted by Gasteiger charge is -2.42. The highest BCUT2D eigenvalue weighted by Gasteiger charge is 2.48. The maximum Gasteiger partial charge on any atom is 0.335 e. The highest BCUT2D eigenvalue weighted by Crippen LogP contribution is 2.52. The van der Waals surface area contributed by atoms with E-state index in [1.165, 1.54) is 11.1 Å². The molecule has 0 aromatic heterocycles. The smallest absolute Gasteiger partial charge is 0.335 e. The van der Waals surface area contributed by atoms with Crippen molar-refractivity contribution in [1.82, 2.24) is 0 Å². The van der Waals surface area contributed by atoms with Gasteiger partial charge in [-0.1, -0.05) is 91.0 Å². The summed E-state index contributed by atoms with van der Waals surface area (Å²) in [7, 11) is 3.24. The van der Waals surface area contributed by atoms with Crippen molar-refractivity contribution in [3.8, 4) is 22.6 Å². The van der Waals surface area contributed by atoms with Gasteiger partial charge in [0.2, 0.25) is 0 Å². The second-order valence-corrected chi connectivity index (χ2v) is 12.5. The van der Waals surface area contributed by atoms with E-state index >= 15 is 0 Å². The maximum absolute atomic E-state index is 14.0. The Kier molecular flexibility index (Phi) is 10.4. The summed E-state index contributed by atoms with van der Waals surface area (Å²) < 4.78 is 17.7. The molecule has 49 heavy (non-hydrogen) atoms. The van der Waals surface area contributed by atoms with Crippen molar-refractivity contribution < 1.29 is 34.3 Å². The average molecular weight is 659 g/mol. The first kappa shape index (κ1) is 33.9. The van der Waals surface area contributed by atoms with Gasteiger partial charge in [0.15, 0.2) is 6.10 Å². The van der Waals surface area contributed by atoms with Gasteiger partial charge in [0.05, 0.1) is 32.3 Å². The Labute approximate surface area is 287 Å². The highest BCUT2D eigenvalue weighted by atomic mass is 16.6. The molecule has 7 nitrogen and oxygen atoms in total. The van der Waals surface area contributed by atoms with Gasteiger partial charge >= 0.3 is 5.97 Å². The number of hydrogen-bond acceptors (Lipinski definition) is 7. The number of esters is 1. The Hall–Kier alpha value is -4.95. The molecule has 7 heteroatoms. The zero-order valence-corrected chi connectivity index (χ0v) is 27.8. The molecular formula is C42H42O7. The SMILES string of the molecule is COc1ccc(C(c2ccccc2)(c2ccc(OC)cc2)C(OC(=O)C(O)CCCC(O)CO)c2ccc3c(c2)-c2ccccc2C3)cc1. The van der Waals surface area contributed by atoms with Crippen molar-refractivity contribution in [2.45, 2.75) is 49.4 Å². The van der Waals surface area contributed by atoms with Crippen LogP contribution < -0.4 is 9.47 Å². The topological polar surface area (TPSA) is 105 Å². The molecule has 5 aromatic carbocycles. The lowest BCUT2D eigenvalue weighted by atomic mass is 9.64. The van der Waals surface area contributed by atoms with E-state index in [0.717, 1.165) is 39.8 Å². The monoisotopic (exact) mass is 658 g/mol. The summed E-state index contributed by atoms with van der Waals surface area (Å²) in [5, 5.41) is 30.2. The minimum absolute atomic E-state index is 0.0730. The van der Waals surface area contributed by atoms with Crippen LogP contribution in [0.1, 0.15) is 58.7 Å². The van der Waals surface area contributed by atoms with Gasteiger partial charge < -0.3 is 29.5 Å². The number of carbonyl (C=O) groups is 1. The van der Waals surface area contributed by atoms with Gasteiger partial charge in [0, 0.05) is 0 Å². The molecule has 1 aliphatic rings. The third kappa shape index (κ3) is 6.83. The number of rotatable bonds is 14. The Balaban J connectivity index is 1.58. The van der Waals surface area contributed by atoms with Gasteiger partial charge in [0.25, 0.3) is 0 Å². The van der Waals surface area contributed by atoms with Crippen LogP contribution in [0.15, 0.2) is 121 Å². The summed E-state index contributed by atoms with van der Waals surface area (Å²) in [6.45, 7) is -0.382. The van der Waals surface area contributed by atoms with E-state index in [1.807, 2.05) is 97.1 Å². The van der Waals surface area contributed by atoms with Crippen molar-refractivity contribution >= 4 is 5.97 Å². The molecule has 0 heterocycles. The number of aliphatic hydroxyl groups is 3. The number of hydrogen-bond donors (Lipinski definition) is 3.